The summed E-state index contributed by atoms with van der Waals surface area (Å²) in [7, 11) is 0. The van der Waals surface area contributed by atoms with Crippen LogP contribution in [0.4, 0.5) is 0 Å². The zero-order valence-electron chi connectivity index (χ0n) is 16.3. The van der Waals surface area contributed by atoms with Gasteiger partial charge in [-0.3, -0.25) is 4.79 Å². The summed E-state index contributed by atoms with van der Waals surface area (Å²) < 4.78 is 5.90. The number of hydrogen-bond acceptors (Lipinski definition) is 5. The van der Waals surface area contributed by atoms with Gasteiger partial charge in [-0.2, -0.15) is 0 Å². The fraction of sp³-hybridized carbons (Fsp3) is 0.273. The van der Waals surface area contributed by atoms with Crippen LogP contribution in [0, 0.1) is 5.92 Å². The third-order valence-electron chi connectivity index (χ3n) is 5.24. The predicted octanol–water partition coefficient (Wildman–Crippen LogP) is 4.38. The molecule has 160 valence electrons. The fourth-order valence-electron chi connectivity index (χ4n) is 3.75. The van der Waals surface area contributed by atoms with E-state index < -0.39 is 0 Å². The van der Waals surface area contributed by atoms with Crippen LogP contribution < -0.4 is 10.5 Å². The van der Waals surface area contributed by atoms with E-state index >= 15 is 0 Å². The van der Waals surface area contributed by atoms with Crippen molar-refractivity contribution in [3.05, 3.63) is 82.3 Å². The van der Waals surface area contributed by atoms with E-state index in [9.17, 15) is 4.79 Å². The number of para-hydroxylation sites is 1. The molecule has 30 heavy (non-hydrogen) atoms. The maximum Gasteiger partial charge on any atom is 0.257 e. The average molecular weight is 466 g/mol. The molecular formula is C22H25Cl2N3O2S. The Morgan fingerprint density at radius 1 is 1.10 bits per heavy atom. The minimum absolute atomic E-state index is 0. The summed E-state index contributed by atoms with van der Waals surface area (Å²) in [5.41, 5.74) is 10.5. The third kappa shape index (κ3) is 5.32. The van der Waals surface area contributed by atoms with Crippen molar-refractivity contribution in [2.45, 2.75) is 12.5 Å². The first-order valence-electron chi connectivity index (χ1n) is 9.39. The van der Waals surface area contributed by atoms with Crippen molar-refractivity contribution < 1.29 is 9.53 Å². The van der Waals surface area contributed by atoms with Gasteiger partial charge < -0.3 is 15.4 Å². The number of carbonyl (C=O) groups is 1. The highest BCUT2D eigenvalue weighted by atomic mass is 35.5. The maximum absolute atomic E-state index is 13.3. The van der Waals surface area contributed by atoms with E-state index in [0.29, 0.717) is 37.6 Å². The zero-order valence-corrected chi connectivity index (χ0v) is 18.8. The molecule has 0 unspecified atom stereocenters. The van der Waals surface area contributed by atoms with Crippen molar-refractivity contribution in [3.8, 4) is 5.75 Å². The lowest BCUT2D eigenvalue weighted by atomic mass is 9.89. The van der Waals surface area contributed by atoms with E-state index in [2.05, 4.69) is 17.1 Å². The Hall–Kier alpha value is -2.12. The molecule has 1 aromatic heterocycles. The summed E-state index contributed by atoms with van der Waals surface area (Å²) in [5.74, 6) is 1.10. The lowest BCUT2D eigenvalue weighted by molar-refractivity contribution is 0.0781. The highest BCUT2D eigenvalue weighted by Crippen LogP contribution is 2.34. The van der Waals surface area contributed by atoms with E-state index in [0.717, 1.165) is 5.69 Å². The van der Waals surface area contributed by atoms with Gasteiger partial charge in [0, 0.05) is 24.4 Å². The monoisotopic (exact) mass is 465 g/mol. The minimum atomic E-state index is -0.00856. The number of benzene rings is 2. The van der Waals surface area contributed by atoms with Crippen LogP contribution in [0.3, 0.4) is 0 Å². The van der Waals surface area contributed by atoms with Gasteiger partial charge in [0.15, 0.2) is 0 Å². The minimum Gasteiger partial charge on any atom is -0.486 e. The number of nitrogens with zero attached hydrogens (tertiary/aromatic N) is 2. The molecular weight excluding hydrogens is 441 g/mol. The molecule has 2 N–H and O–H groups in total. The second kappa shape index (κ2) is 11.3. The molecule has 0 bridgehead atoms. The molecule has 0 aliphatic carbocycles. The summed E-state index contributed by atoms with van der Waals surface area (Å²) in [6.07, 6.45) is 0. The molecule has 1 aliphatic heterocycles. The predicted molar refractivity (Wildman–Crippen MR) is 125 cm³/mol. The first-order valence-corrected chi connectivity index (χ1v) is 10.3. The first-order chi connectivity index (χ1) is 13.8. The van der Waals surface area contributed by atoms with Crippen molar-refractivity contribution in [1.29, 1.82) is 0 Å². The Kier molecular flexibility index (Phi) is 9.11. The molecule has 0 radical (unpaired) electrons. The number of halogens is 2. The van der Waals surface area contributed by atoms with E-state index in [1.54, 1.807) is 5.51 Å². The quantitative estimate of drug-likeness (QED) is 0.586. The number of rotatable bonds is 6. The second-order valence-electron chi connectivity index (χ2n) is 6.99. The number of ether oxygens (including phenoxy) is 1. The standard InChI is InChI=1S/C22H23N3O2S.2ClH/c23-10-17-11-25(12-20(17)16-6-2-1-3-7-16)22(26)19-8-4-5-9-21(19)27-13-18-14-28-15-24-18;;/h1-9,14-15,17,20H,10-13,23H2;2*1H/t17-,20+;;/m1../s1. The third-order valence-corrected chi connectivity index (χ3v) is 5.87. The Bertz CT molecular complexity index is 925. The van der Waals surface area contributed by atoms with E-state index in [1.807, 2.05) is 52.7 Å². The Labute approximate surface area is 193 Å². The highest BCUT2D eigenvalue weighted by molar-refractivity contribution is 7.07. The number of hydrogen-bond donors (Lipinski definition) is 1. The normalized spacial score (nSPS) is 17.7. The van der Waals surface area contributed by atoms with Gasteiger partial charge in [0.2, 0.25) is 0 Å². The smallest absolute Gasteiger partial charge is 0.257 e. The molecule has 1 saturated heterocycles. The second-order valence-corrected chi connectivity index (χ2v) is 7.71. The van der Waals surface area contributed by atoms with Gasteiger partial charge in [-0.05, 0) is 30.2 Å². The van der Waals surface area contributed by atoms with E-state index in [1.165, 1.54) is 16.9 Å². The molecule has 8 heteroatoms. The molecule has 1 aliphatic rings. The maximum atomic E-state index is 13.3. The van der Waals surface area contributed by atoms with Crippen molar-refractivity contribution in [1.82, 2.24) is 9.88 Å². The molecule has 0 saturated carbocycles. The zero-order chi connectivity index (χ0) is 19.3. The molecule has 0 spiro atoms. The highest BCUT2D eigenvalue weighted by Gasteiger charge is 2.36. The van der Waals surface area contributed by atoms with Gasteiger partial charge in [0.05, 0.1) is 16.8 Å². The van der Waals surface area contributed by atoms with E-state index in [-0.39, 0.29) is 42.6 Å². The van der Waals surface area contributed by atoms with E-state index in [4.69, 9.17) is 10.5 Å². The lowest BCUT2D eigenvalue weighted by Crippen LogP contribution is -2.30. The van der Waals surface area contributed by atoms with Gasteiger partial charge in [-0.1, -0.05) is 42.5 Å². The Balaban J connectivity index is 0.00000160. The van der Waals surface area contributed by atoms with Gasteiger partial charge in [0.1, 0.15) is 12.4 Å². The molecule has 2 atom stereocenters. The van der Waals surface area contributed by atoms with Crippen molar-refractivity contribution >= 4 is 42.1 Å². The van der Waals surface area contributed by atoms with Crippen LogP contribution >= 0.6 is 36.2 Å². The van der Waals surface area contributed by atoms with Crippen LogP contribution in [-0.4, -0.2) is 35.4 Å². The molecule has 2 aromatic carbocycles. The number of aromatic nitrogens is 1. The molecule has 1 amide bonds. The number of nitrogens with two attached hydrogens (primary N) is 1. The Morgan fingerprint density at radius 3 is 2.53 bits per heavy atom. The number of carbonyl (C=O) groups excluding carboxylic acids is 1. The number of likely N-dealkylation sites (tertiary alicyclic amines) is 1. The summed E-state index contributed by atoms with van der Waals surface area (Å²) in [6, 6.07) is 17.7. The largest absolute Gasteiger partial charge is 0.486 e. The Morgan fingerprint density at radius 2 is 1.83 bits per heavy atom. The number of thiazole rings is 1. The summed E-state index contributed by atoms with van der Waals surface area (Å²) in [4.78, 5) is 19.4. The van der Waals surface area contributed by atoms with Gasteiger partial charge in [-0.25, -0.2) is 4.98 Å². The van der Waals surface area contributed by atoms with Crippen LogP contribution in [0.25, 0.3) is 0 Å². The molecule has 2 heterocycles. The lowest BCUT2D eigenvalue weighted by Gasteiger charge is -2.19. The molecule has 3 aromatic rings. The van der Waals surface area contributed by atoms with Gasteiger partial charge in [-0.15, -0.1) is 36.2 Å². The van der Waals surface area contributed by atoms with Gasteiger partial charge in [0.25, 0.3) is 5.91 Å². The SMILES string of the molecule is Cl.Cl.NC[C@@H]1CN(C(=O)c2ccccc2OCc2cscn2)C[C@H]1c1ccccc1. The van der Waals surface area contributed by atoms with Crippen LogP contribution in [0.5, 0.6) is 5.75 Å². The van der Waals surface area contributed by atoms with Crippen LogP contribution in [-0.2, 0) is 6.61 Å². The van der Waals surface area contributed by atoms with Crippen molar-refractivity contribution in [3.63, 3.8) is 0 Å². The summed E-state index contributed by atoms with van der Waals surface area (Å²) in [6.45, 7) is 2.25. The summed E-state index contributed by atoms with van der Waals surface area (Å²) >= 11 is 1.53. The first kappa shape index (κ1) is 24.2. The topological polar surface area (TPSA) is 68.5 Å². The molecule has 4 rings (SSSR count). The van der Waals surface area contributed by atoms with Crippen LogP contribution in [0.15, 0.2) is 65.5 Å². The average Bonchev–Trinajstić information content (AvgIpc) is 3.42. The van der Waals surface area contributed by atoms with Crippen molar-refractivity contribution in [2.24, 2.45) is 11.7 Å². The van der Waals surface area contributed by atoms with Crippen LogP contribution in [0.2, 0.25) is 0 Å². The summed E-state index contributed by atoms with van der Waals surface area (Å²) in [5, 5.41) is 1.95. The van der Waals surface area contributed by atoms with Crippen molar-refractivity contribution in [2.75, 3.05) is 19.6 Å². The molecule has 1 fully saturated rings. The number of amides is 1. The van der Waals surface area contributed by atoms with Gasteiger partial charge >= 0.3 is 0 Å². The molecule has 5 nitrogen and oxygen atoms in total. The fourth-order valence-corrected chi connectivity index (χ4v) is 4.30. The van der Waals surface area contributed by atoms with Crippen LogP contribution in [0.1, 0.15) is 27.5 Å².